The lowest BCUT2D eigenvalue weighted by atomic mass is 9.95. The first kappa shape index (κ1) is 14.9. The third kappa shape index (κ3) is 2.92. The van der Waals surface area contributed by atoms with Crippen molar-refractivity contribution < 1.29 is 4.79 Å². The first-order valence-corrected chi connectivity index (χ1v) is 8.66. The fourth-order valence-electron chi connectivity index (χ4n) is 3.48. The Labute approximate surface area is 141 Å². The van der Waals surface area contributed by atoms with Crippen LogP contribution in [0.1, 0.15) is 42.5 Å². The van der Waals surface area contributed by atoms with E-state index in [9.17, 15) is 4.79 Å². The number of fused-ring (bicyclic) bond motifs is 1. The number of nitrogens with zero attached hydrogens (tertiary/aromatic N) is 1. The lowest BCUT2D eigenvalue weighted by Gasteiger charge is -2.23. The summed E-state index contributed by atoms with van der Waals surface area (Å²) in [6, 6.07) is 15.9. The molecule has 1 heterocycles. The highest BCUT2D eigenvalue weighted by Crippen LogP contribution is 2.25. The Morgan fingerprint density at radius 3 is 2.58 bits per heavy atom. The second-order valence-electron chi connectivity index (χ2n) is 6.46. The Hall–Kier alpha value is -2.62. The minimum atomic E-state index is -0.00189. The average molecular weight is 319 g/mol. The molecule has 3 aromatic rings. The summed E-state index contributed by atoms with van der Waals surface area (Å²) in [4.78, 5) is 20.7. The standard InChI is InChI=1S/C20H21N3O/c24-20(21-14-8-2-1-3-9-14)16-11-5-4-10-15(16)19-22-17-12-6-7-13-18(17)23-19/h4-7,10-14H,1-3,8-9H2,(H,21,24)(H,22,23). The number of carbonyl (C=O) groups is 1. The van der Waals surface area contributed by atoms with Crippen LogP contribution in [-0.2, 0) is 0 Å². The normalized spacial score (nSPS) is 15.5. The van der Waals surface area contributed by atoms with E-state index in [-0.39, 0.29) is 5.91 Å². The zero-order valence-corrected chi connectivity index (χ0v) is 13.6. The fraction of sp³-hybridized carbons (Fsp3) is 0.300. The predicted octanol–water partition coefficient (Wildman–Crippen LogP) is 4.29. The largest absolute Gasteiger partial charge is 0.349 e. The molecular formula is C20H21N3O. The predicted molar refractivity (Wildman–Crippen MR) is 95.9 cm³/mol. The first-order valence-electron chi connectivity index (χ1n) is 8.66. The molecule has 0 atom stereocenters. The molecular weight excluding hydrogens is 298 g/mol. The van der Waals surface area contributed by atoms with Gasteiger partial charge in [-0.05, 0) is 31.0 Å². The Morgan fingerprint density at radius 1 is 1.00 bits per heavy atom. The molecule has 0 radical (unpaired) electrons. The number of hydrogen-bond donors (Lipinski definition) is 2. The number of hydrogen-bond acceptors (Lipinski definition) is 2. The van der Waals surface area contributed by atoms with Crippen molar-refractivity contribution in [1.82, 2.24) is 15.3 Å². The van der Waals surface area contributed by atoms with Gasteiger partial charge >= 0.3 is 0 Å². The van der Waals surface area contributed by atoms with Gasteiger partial charge < -0.3 is 10.3 Å². The van der Waals surface area contributed by atoms with Gasteiger partial charge in [-0.3, -0.25) is 4.79 Å². The van der Waals surface area contributed by atoms with Gasteiger partial charge in [0, 0.05) is 11.6 Å². The summed E-state index contributed by atoms with van der Waals surface area (Å²) in [5.74, 6) is 0.739. The summed E-state index contributed by atoms with van der Waals surface area (Å²) < 4.78 is 0. The molecule has 0 aliphatic heterocycles. The van der Waals surface area contributed by atoms with Crippen LogP contribution in [0.25, 0.3) is 22.4 Å². The molecule has 4 nitrogen and oxygen atoms in total. The quantitative estimate of drug-likeness (QED) is 0.756. The van der Waals surface area contributed by atoms with E-state index in [1.165, 1.54) is 19.3 Å². The van der Waals surface area contributed by atoms with Crippen molar-refractivity contribution in [3.8, 4) is 11.4 Å². The van der Waals surface area contributed by atoms with Crippen LogP contribution in [0, 0.1) is 0 Å². The van der Waals surface area contributed by atoms with Gasteiger partial charge in [-0.15, -0.1) is 0 Å². The minimum Gasteiger partial charge on any atom is -0.349 e. The number of para-hydroxylation sites is 2. The number of aromatic amines is 1. The van der Waals surface area contributed by atoms with Crippen molar-refractivity contribution in [2.24, 2.45) is 0 Å². The van der Waals surface area contributed by atoms with Gasteiger partial charge in [0.1, 0.15) is 5.82 Å². The van der Waals surface area contributed by atoms with E-state index in [1.54, 1.807) is 0 Å². The van der Waals surface area contributed by atoms with Crippen molar-refractivity contribution >= 4 is 16.9 Å². The van der Waals surface area contributed by atoms with E-state index in [4.69, 9.17) is 0 Å². The Kier molecular flexibility index (Phi) is 4.03. The lowest BCUT2D eigenvalue weighted by Crippen LogP contribution is -2.36. The van der Waals surface area contributed by atoms with Crippen LogP contribution in [0.4, 0.5) is 0 Å². The molecule has 1 aliphatic rings. The maximum Gasteiger partial charge on any atom is 0.252 e. The Morgan fingerprint density at radius 2 is 1.75 bits per heavy atom. The highest BCUT2D eigenvalue weighted by molar-refractivity contribution is 6.00. The topological polar surface area (TPSA) is 57.8 Å². The minimum absolute atomic E-state index is 0.00189. The third-order valence-electron chi connectivity index (χ3n) is 4.76. The van der Waals surface area contributed by atoms with E-state index in [1.807, 2.05) is 48.5 Å². The van der Waals surface area contributed by atoms with Crippen molar-refractivity contribution in [2.45, 2.75) is 38.1 Å². The maximum absolute atomic E-state index is 12.8. The molecule has 1 amide bonds. The highest BCUT2D eigenvalue weighted by atomic mass is 16.1. The van der Waals surface area contributed by atoms with Crippen LogP contribution in [0.5, 0.6) is 0 Å². The summed E-state index contributed by atoms with van der Waals surface area (Å²) in [6.45, 7) is 0. The van der Waals surface area contributed by atoms with E-state index < -0.39 is 0 Å². The van der Waals surface area contributed by atoms with Gasteiger partial charge in [-0.1, -0.05) is 49.6 Å². The molecule has 0 unspecified atom stereocenters. The summed E-state index contributed by atoms with van der Waals surface area (Å²) in [5, 5.41) is 3.20. The van der Waals surface area contributed by atoms with Crippen LogP contribution >= 0.6 is 0 Å². The van der Waals surface area contributed by atoms with E-state index in [0.29, 0.717) is 11.6 Å². The Bertz CT molecular complexity index is 829. The molecule has 24 heavy (non-hydrogen) atoms. The average Bonchev–Trinajstić information content (AvgIpc) is 3.06. The number of aromatic nitrogens is 2. The SMILES string of the molecule is O=C(NC1CCCCC1)c1ccccc1-c1nc2ccccc2[nH]1. The van der Waals surface area contributed by atoms with Crippen LogP contribution in [-0.4, -0.2) is 21.9 Å². The second-order valence-corrected chi connectivity index (χ2v) is 6.46. The molecule has 4 rings (SSSR count). The lowest BCUT2D eigenvalue weighted by molar-refractivity contribution is 0.0928. The smallest absolute Gasteiger partial charge is 0.252 e. The molecule has 0 bridgehead atoms. The number of amides is 1. The number of carbonyl (C=O) groups excluding carboxylic acids is 1. The molecule has 2 N–H and O–H groups in total. The maximum atomic E-state index is 12.8. The summed E-state index contributed by atoms with van der Waals surface area (Å²) in [7, 11) is 0. The Balaban J connectivity index is 1.65. The number of rotatable bonds is 3. The van der Waals surface area contributed by atoms with Gasteiger partial charge in [0.15, 0.2) is 0 Å². The molecule has 1 saturated carbocycles. The van der Waals surface area contributed by atoms with Crippen molar-refractivity contribution in [3.05, 3.63) is 54.1 Å². The number of imidazole rings is 1. The van der Waals surface area contributed by atoms with Crippen LogP contribution in [0.3, 0.4) is 0 Å². The molecule has 0 spiro atoms. The van der Waals surface area contributed by atoms with Crippen molar-refractivity contribution in [2.75, 3.05) is 0 Å². The summed E-state index contributed by atoms with van der Waals surface area (Å²) in [6.07, 6.45) is 5.85. The monoisotopic (exact) mass is 319 g/mol. The van der Waals surface area contributed by atoms with Gasteiger partial charge in [0.05, 0.1) is 16.6 Å². The van der Waals surface area contributed by atoms with E-state index in [2.05, 4.69) is 15.3 Å². The zero-order valence-electron chi connectivity index (χ0n) is 13.6. The van der Waals surface area contributed by atoms with Gasteiger partial charge in [-0.2, -0.15) is 0 Å². The number of H-pyrrole nitrogens is 1. The highest BCUT2D eigenvalue weighted by Gasteiger charge is 2.19. The molecule has 1 fully saturated rings. The first-order chi connectivity index (χ1) is 11.8. The fourth-order valence-corrected chi connectivity index (χ4v) is 3.48. The van der Waals surface area contributed by atoms with E-state index >= 15 is 0 Å². The van der Waals surface area contributed by atoms with Crippen molar-refractivity contribution in [3.63, 3.8) is 0 Å². The van der Waals surface area contributed by atoms with Gasteiger partial charge in [-0.25, -0.2) is 4.98 Å². The number of nitrogens with one attached hydrogen (secondary N) is 2. The van der Waals surface area contributed by atoms with E-state index in [0.717, 1.165) is 35.3 Å². The van der Waals surface area contributed by atoms with Crippen LogP contribution < -0.4 is 5.32 Å². The molecule has 4 heteroatoms. The molecule has 1 aliphatic carbocycles. The van der Waals surface area contributed by atoms with Crippen molar-refractivity contribution in [1.29, 1.82) is 0 Å². The molecule has 1 aromatic heterocycles. The van der Waals surface area contributed by atoms with Crippen LogP contribution in [0.15, 0.2) is 48.5 Å². The van der Waals surface area contributed by atoms with Gasteiger partial charge in [0.25, 0.3) is 5.91 Å². The van der Waals surface area contributed by atoms with Crippen LogP contribution in [0.2, 0.25) is 0 Å². The number of benzene rings is 2. The molecule has 0 saturated heterocycles. The molecule has 122 valence electrons. The van der Waals surface area contributed by atoms with Gasteiger partial charge in [0.2, 0.25) is 0 Å². The zero-order chi connectivity index (χ0) is 16.4. The summed E-state index contributed by atoms with van der Waals surface area (Å²) >= 11 is 0. The summed E-state index contributed by atoms with van der Waals surface area (Å²) in [5.41, 5.74) is 3.43. The third-order valence-corrected chi connectivity index (χ3v) is 4.76. The molecule has 2 aromatic carbocycles. The second kappa shape index (κ2) is 6.48.